The molecule has 0 saturated carbocycles. The second-order valence-corrected chi connectivity index (χ2v) is 38.6. The fourth-order valence-electron chi connectivity index (χ4n) is 20.3. The van der Waals surface area contributed by atoms with E-state index in [4.69, 9.17) is 44.9 Å². The first-order valence-electron chi connectivity index (χ1n) is 51.1. The van der Waals surface area contributed by atoms with Gasteiger partial charge in [-0.1, -0.05) is 438 Å². The maximum atomic E-state index is 5.26. The smallest absolute Gasteiger partial charge is 0.0978 e. The Bertz CT molecular complexity index is 9490. The molecular weight excluding hydrogens is 1820 g/mol. The minimum atomic E-state index is 0.344. The number of pyridine rings is 9. The normalized spacial score (nSPS) is 11.3. The fraction of sp³-hybridized carbons (Fsp3) is 0.0426. The summed E-state index contributed by atoms with van der Waals surface area (Å²) in [4.78, 5) is 46.2. The van der Waals surface area contributed by atoms with Crippen LogP contribution in [0.25, 0.3) is 256 Å². The van der Waals surface area contributed by atoms with E-state index in [0.717, 1.165) is 245 Å². The summed E-state index contributed by atoms with van der Waals surface area (Å²) in [6.45, 7) is 10.5. The molecule has 0 bridgehead atoms. The molecule has 0 N–H and O–H groups in total. The molecule has 0 unspecified atom stereocenters. The number of fused-ring (bicyclic) bond motifs is 9. The Hall–Kier alpha value is -19.4. The lowest BCUT2D eigenvalue weighted by atomic mass is 9.94. The predicted molar refractivity (Wildman–Crippen MR) is 625 cm³/mol. The van der Waals surface area contributed by atoms with Gasteiger partial charge in [-0.25, -0.2) is 24.9 Å². The van der Waals surface area contributed by atoms with E-state index in [2.05, 4.69) is 501 Å². The van der Waals surface area contributed by atoms with E-state index < -0.39 is 0 Å². The lowest BCUT2D eigenvalue weighted by Crippen LogP contribution is -1.96. The van der Waals surface area contributed by atoms with Gasteiger partial charge in [-0.3, -0.25) is 19.9 Å². The summed E-state index contributed by atoms with van der Waals surface area (Å²) >= 11 is 0. The van der Waals surface area contributed by atoms with E-state index in [9.17, 15) is 0 Å². The third-order valence-corrected chi connectivity index (χ3v) is 28.1. The number of hydrogen-bond acceptors (Lipinski definition) is 9. The minimum Gasteiger partial charge on any atom is -0.251 e. The van der Waals surface area contributed by atoms with E-state index in [1.807, 2.05) is 49.4 Å². The van der Waals surface area contributed by atoms with Gasteiger partial charge in [0.05, 0.1) is 78.7 Å². The zero-order valence-electron chi connectivity index (χ0n) is 83.7. The first-order chi connectivity index (χ1) is 73.8. The van der Waals surface area contributed by atoms with Crippen molar-refractivity contribution in [3.63, 3.8) is 0 Å². The van der Waals surface area contributed by atoms with Gasteiger partial charge in [0.25, 0.3) is 0 Å². The highest BCUT2D eigenvalue weighted by atomic mass is 14.8. The summed E-state index contributed by atoms with van der Waals surface area (Å²) in [5, 5.41) is 6.51. The van der Waals surface area contributed by atoms with Crippen LogP contribution in [0.1, 0.15) is 42.5 Å². The van der Waals surface area contributed by atoms with Crippen LogP contribution in [0.3, 0.4) is 0 Å². The topological polar surface area (TPSA) is 116 Å². The first-order valence-corrected chi connectivity index (χ1v) is 51.1. The monoisotopic (exact) mass is 1920 g/mol. The highest BCUT2D eigenvalue weighted by Crippen LogP contribution is 2.45. The average Bonchev–Trinajstić information content (AvgIpc) is 0.770. The van der Waals surface area contributed by atoms with E-state index in [1.54, 1.807) is 0 Å². The Morgan fingerprint density at radius 1 is 0.133 bits per heavy atom. The number of hydrogen-bond donors (Lipinski definition) is 0. The molecule has 0 radical (unpaired) electrons. The summed E-state index contributed by atoms with van der Waals surface area (Å²) in [6, 6.07) is 182. The largest absolute Gasteiger partial charge is 0.251 e. The number of nitrogens with zero attached hydrogens (tertiary/aromatic N) is 9. The molecule has 9 heterocycles. The molecule has 0 fully saturated rings. The van der Waals surface area contributed by atoms with Crippen molar-refractivity contribution >= 4 is 65.4 Å². The van der Waals surface area contributed by atoms with Crippen molar-refractivity contribution in [3.8, 4) is 190 Å². The maximum absolute atomic E-state index is 5.26. The summed E-state index contributed by atoms with van der Waals surface area (Å²) in [7, 11) is 0. The molecule has 9 nitrogen and oxygen atoms in total. The Balaban J connectivity index is 0.000000120. The summed E-state index contributed by atoms with van der Waals surface area (Å²) in [6.07, 6.45) is 0. The zero-order chi connectivity index (χ0) is 101. The Morgan fingerprint density at radius 2 is 0.360 bits per heavy atom. The molecule has 9 aromatic heterocycles. The average molecular weight is 1920 g/mol. The lowest BCUT2D eigenvalue weighted by Gasteiger charge is -2.14. The second kappa shape index (κ2) is 41.4. The van der Waals surface area contributed by atoms with Crippen molar-refractivity contribution in [1.29, 1.82) is 0 Å². The van der Waals surface area contributed by atoms with Crippen LogP contribution in [-0.4, -0.2) is 44.9 Å². The summed E-state index contributed by atoms with van der Waals surface area (Å²) in [5.41, 5.74) is 46.4. The fourth-order valence-corrected chi connectivity index (χ4v) is 20.3. The van der Waals surface area contributed by atoms with Crippen LogP contribution in [0.2, 0.25) is 0 Å². The van der Waals surface area contributed by atoms with E-state index in [-0.39, 0.29) is 0 Å². The number of aryl methyl sites for hydroxylation is 3. The number of rotatable bonds is 18. The van der Waals surface area contributed by atoms with Crippen LogP contribution < -0.4 is 0 Å². The molecule has 26 aromatic rings. The summed E-state index contributed by atoms with van der Waals surface area (Å²) in [5.74, 6) is 0.344. The highest BCUT2D eigenvalue weighted by molar-refractivity contribution is 6.12. The van der Waals surface area contributed by atoms with Gasteiger partial charge in [0.2, 0.25) is 0 Å². The SMILES string of the molecule is Cc1cc(-c2cccc(-c3cc(-c4ccc(-c5ccccc5)cc4)cc(-c4ccccc4)n3)c2)c2ccc3ccc(-c4ccccc4)nc3c2n1.Cc1cc(-c2cccc(-c3cc(-c4ccc(-c5ccccc5)cc4)cc(-c4ccccc4)n3)c2)c2ccc3ccc(C(C)C)nc3c2n1.Cc1ccc2ccc3c(-c4cccc(-c5cc(-c6ccc(-c7ccccc7)cc6)cc(-c6ccccc6)n5)c4)cc(-c4ccccc4)nc3c2n1. The van der Waals surface area contributed by atoms with Crippen LogP contribution in [0.5, 0.6) is 0 Å². The molecule has 0 aliphatic rings. The minimum absolute atomic E-state index is 0.344. The first kappa shape index (κ1) is 93.0. The molecule has 26 rings (SSSR count). The molecule has 0 spiro atoms. The number of benzene rings is 17. The zero-order valence-corrected chi connectivity index (χ0v) is 83.7. The number of aromatic nitrogens is 9. The molecule has 0 aliphatic carbocycles. The van der Waals surface area contributed by atoms with Crippen LogP contribution in [0, 0.1) is 20.8 Å². The van der Waals surface area contributed by atoms with Gasteiger partial charge in [0, 0.05) is 99.6 Å². The molecule has 710 valence electrons. The third-order valence-electron chi connectivity index (χ3n) is 28.1. The molecule has 0 aliphatic heterocycles. The standard InChI is InChI=1S/2C48H33N3.C45H35N3/c1-32-28-43(42-26-24-38-25-27-44(36-14-7-3-8-15-36)51-47(38)48(42)49-32)39-18-11-19-40(29-39)46-31-41(30-45(50-46)37-16-9-4-10-17-37)35-22-20-34(21-23-35)33-12-5-2-6-13-33;1-32-20-21-38-26-27-42-43(31-46(37-16-9-4-10-17-37)51-48(42)47(38)49-32)39-18-11-19-40(28-39)45-30-41(29-44(50-45)36-14-7-3-8-15-36)35-24-22-34(23-25-35)33-12-5-2-6-13-33;1-29(2)41-24-22-35-21-23-39-40(25-30(3)46-45(39)44(35)48-41)36-15-10-16-37(26-36)43-28-38(27-42(47-43)34-13-8-5-9-14-34)33-19-17-32(18-20-33)31-11-6-4-7-12-31/h2*2-31H,1H3;4-29H,1-3H3. The molecule has 17 aromatic carbocycles. The lowest BCUT2D eigenvalue weighted by molar-refractivity contribution is 0.830. The van der Waals surface area contributed by atoms with E-state index >= 15 is 0 Å². The van der Waals surface area contributed by atoms with Gasteiger partial charge in [-0.05, 0) is 218 Å². The molecular formula is C141H101N9. The van der Waals surface area contributed by atoms with Crippen molar-refractivity contribution in [1.82, 2.24) is 44.9 Å². The molecule has 0 atom stereocenters. The summed E-state index contributed by atoms with van der Waals surface area (Å²) < 4.78 is 0. The molecule has 150 heavy (non-hydrogen) atoms. The van der Waals surface area contributed by atoms with Crippen molar-refractivity contribution in [3.05, 3.63) is 538 Å². The van der Waals surface area contributed by atoms with Gasteiger partial charge >= 0.3 is 0 Å². The van der Waals surface area contributed by atoms with Crippen molar-refractivity contribution in [2.45, 2.75) is 40.5 Å². The highest BCUT2D eigenvalue weighted by Gasteiger charge is 2.23. The van der Waals surface area contributed by atoms with Crippen LogP contribution in [-0.2, 0) is 0 Å². The molecule has 0 amide bonds. The quantitative estimate of drug-likeness (QED) is 0.0774. The molecule has 9 heteroatoms. The van der Waals surface area contributed by atoms with Crippen LogP contribution in [0.4, 0.5) is 0 Å². The van der Waals surface area contributed by atoms with Crippen molar-refractivity contribution < 1.29 is 0 Å². The van der Waals surface area contributed by atoms with Gasteiger partial charge < -0.3 is 0 Å². The van der Waals surface area contributed by atoms with Crippen molar-refractivity contribution in [2.75, 3.05) is 0 Å². The van der Waals surface area contributed by atoms with E-state index in [1.165, 1.54) is 33.4 Å². The van der Waals surface area contributed by atoms with Gasteiger partial charge in [-0.2, -0.15) is 0 Å². The van der Waals surface area contributed by atoms with Gasteiger partial charge in [0.1, 0.15) is 0 Å². The second-order valence-electron chi connectivity index (χ2n) is 38.6. The Morgan fingerprint density at radius 3 is 0.693 bits per heavy atom. The predicted octanol–water partition coefficient (Wildman–Crippen LogP) is 36.9. The van der Waals surface area contributed by atoms with Crippen LogP contribution >= 0.6 is 0 Å². The van der Waals surface area contributed by atoms with Gasteiger partial charge in [-0.15, -0.1) is 0 Å². The maximum Gasteiger partial charge on any atom is 0.0978 e. The molecule has 0 saturated heterocycles. The van der Waals surface area contributed by atoms with Crippen LogP contribution in [0.15, 0.2) is 516 Å². The van der Waals surface area contributed by atoms with Gasteiger partial charge in [0.15, 0.2) is 0 Å². The Kier molecular flexibility index (Phi) is 25.7. The van der Waals surface area contributed by atoms with Crippen molar-refractivity contribution in [2.24, 2.45) is 0 Å². The van der Waals surface area contributed by atoms with E-state index in [0.29, 0.717) is 5.92 Å². The third kappa shape index (κ3) is 19.6. The Labute approximate surface area is 873 Å².